The standard InChI is InChI=1S/C54H108O9Si9/c1-28-46(19)64(37-10)55-65(38-11,47(20)29-2)57-67(40-13,49(22)31-4)59-69(42-15,51(24)33-6)61-71(44-17,53(26)35-8)63-72(45-18,54(27)36-9)62-70(43-16,52(25)34-7)60-68(41-14,50(23)32-5)58-66(39-12,56-64)48(21)30-3/h37-54H,10-18,28-36H2,1-9,19-27H3. The van der Waals surface area contributed by atoms with Crippen molar-refractivity contribution in [2.45, 2.75) is 232 Å². The third-order valence-corrected chi connectivity index (χ3v) is 61.3. The molecule has 0 radical (unpaired) electrons. The van der Waals surface area contributed by atoms with E-state index in [0.717, 1.165) is 57.8 Å². The second-order valence-corrected chi connectivity index (χ2v) is 53.9. The molecule has 9 atom stereocenters. The first-order chi connectivity index (χ1) is 33.7. The maximum atomic E-state index is 8.11. The third-order valence-electron chi connectivity index (χ3n) is 17.1. The van der Waals surface area contributed by atoms with E-state index in [9.17, 15) is 0 Å². The molecule has 0 amide bonds. The molecule has 0 spiro atoms. The highest BCUT2D eigenvalue weighted by Gasteiger charge is 2.67. The molecule has 0 saturated carbocycles. The Morgan fingerprint density at radius 3 is 0.319 bits per heavy atom. The van der Waals surface area contributed by atoms with Gasteiger partial charge in [-0.15, -0.1) is 59.2 Å². The van der Waals surface area contributed by atoms with E-state index < -0.39 is 77.0 Å². The molecular weight excluding hydrogens is 1050 g/mol. The van der Waals surface area contributed by atoms with Crippen LogP contribution in [0.2, 0.25) is 49.9 Å². The van der Waals surface area contributed by atoms with Crippen LogP contribution in [-0.2, 0) is 37.0 Å². The van der Waals surface area contributed by atoms with E-state index in [0.29, 0.717) is 0 Å². The molecule has 1 saturated heterocycles. The second kappa shape index (κ2) is 29.3. The Balaban J connectivity index is 5.47. The van der Waals surface area contributed by atoms with E-state index in [4.69, 9.17) is 37.0 Å². The zero-order chi connectivity index (χ0) is 55.8. The Labute approximate surface area is 454 Å². The Morgan fingerprint density at radius 2 is 0.278 bits per heavy atom. The van der Waals surface area contributed by atoms with Crippen LogP contribution in [-0.4, -0.2) is 77.0 Å². The van der Waals surface area contributed by atoms with Gasteiger partial charge in [0.25, 0.3) is 0 Å². The van der Waals surface area contributed by atoms with Crippen molar-refractivity contribution >= 4 is 77.0 Å². The second-order valence-electron chi connectivity index (χ2n) is 21.0. The maximum absolute atomic E-state index is 8.11. The molecular formula is C54H108O9Si9. The molecule has 1 aliphatic heterocycles. The maximum Gasteiger partial charge on any atom is 0.350 e. The van der Waals surface area contributed by atoms with E-state index >= 15 is 0 Å². The molecule has 9 unspecified atom stereocenters. The molecule has 0 N–H and O–H groups in total. The SMILES string of the molecule is C=C[Si]1(C(C)CC)O[Si](C=C)(C(C)CC)O[Si](C=C)(C(C)CC)O[Si](C=C)(C(C)CC)O[Si](C=C)(C(C)CC)O[Si](C=C)(C(C)CC)O[Si](C=C)(C(C)CC)O[Si](C=C)(C(C)CC)O[Si](C=C)(C(C)CC)O1. The topological polar surface area (TPSA) is 83.1 Å². The Morgan fingerprint density at radius 1 is 0.208 bits per heavy atom. The molecule has 0 aromatic heterocycles. The molecule has 1 heterocycles. The predicted octanol–water partition coefficient (Wildman–Crippen LogP) is 17.9. The highest BCUT2D eigenvalue weighted by atomic mass is 28.5. The Hall–Kier alpha value is -0.748. The lowest BCUT2D eigenvalue weighted by molar-refractivity contribution is 0.213. The number of hydrogen-bond donors (Lipinski definition) is 0. The zero-order valence-corrected chi connectivity index (χ0v) is 58.3. The van der Waals surface area contributed by atoms with Crippen LogP contribution in [0.4, 0.5) is 0 Å². The van der Waals surface area contributed by atoms with Gasteiger partial charge < -0.3 is 37.0 Å². The van der Waals surface area contributed by atoms with Crippen molar-refractivity contribution < 1.29 is 37.0 Å². The van der Waals surface area contributed by atoms with Crippen LogP contribution in [0.1, 0.15) is 182 Å². The van der Waals surface area contributed by atoms with Crippen molar-refractivity contribution in [1.29, 1.82) is 0 Å². The van der Waals surface area contributed by atoms with Crippen LogP contribution in [0, 0.1) is 0 Å². The normalized spacial score (nSPS) is 37.2. The van der Waals surface area contributed by atoms with Crippen LogP contribution in [0.3, 0.4) is 0 Å². The first kappa shape index (κ1) is 69.3. The van der Waals surface area contributed by atoms with Crippen LogP contribution in [0.15, 0.2) is 111 Å². The van der Waals surface area contributed by atoms with Crippen molar-refractivity contribution in [3.05, 3.63) is 111 Å². The van der Waals surface area contributed by atoms with Gasteiger partial charge in [-0.05, 0) is 0 Å². The van der Waals surface area contributed by atoms with Crippen molar-refractivity contribution in [3.63, 3.8) is 0 Å². The summed E-state index contributed by atoms with van der Waals surface area (Å²) >= 11 is 0. The first-order valence-electron chi connectivity index (χ1n) is 27.8. The summed E-state index contributed by atoms with van der Waals surface area (Å²) in [6.45, 7) is 81.2. The van der Waals surface area contributed by atoms with Gasteiger partial charge in [-0.1, -0.05) is 234 Å². The molecule has 18 heteroatoms. The van der Waals surface area contributed by atoms with Crippen LogP contribution >= 0.6 is 0 Å². The quantitative estimate of drug-likeness (QED) is 0.0747. The molecule has 0 aliphatic carbocycles. The van der Waals surface area contributed by atoms with Gasteiger partial charge in [-0.3, -0.25) is 0 Å². The molecule has 0 bridgehead atoms. The fourth-order valence-electron chi connectivity index (χ4n) is 9.36. The summed E-state index contributed by atoms with van der Waals surface area (Å²) in [5.74, 6) is 0. The molecule has 0 aromatic rings. The van der Waals surface area contributed by atoms with Gasteiger partial charge in [0.15, 0.2) is 0 Å². The van der Waals surface area contributed by atoms with Gasteiger partial charge in [0.1, 0.15) is 0 Å². The first-order valence-corrected chi connectivity index (χ1v) is 45.5. The molecule has 1 fully saturated rings. The summed E-state index contributed by atoms with van der Waals surface area (Å²) in [6, 6.07) is 0. The summed E-state index contributed by atoms with van der Waals surface area (Å²) in [6.07, 6.45) is 6.72. The molecule has 0 aromatic carbocycles. The molecule has 414 valence electrons. The van der Waals surface area contributed by atoms with E-state index in [1.54, 1.807) is 0 Å². The van der Waals surface area contributed by atoms with Gasteiger partial charge >= 0.3 is 77.0 Å². The van der Waals surface area contributed by atoms with E-state index in [-0.39, 0.29) is 49.9 Å². The van der Waals surface area contributed by atoms with Crippen molar-refractivity contribution in [3.8, 4) is 0 Å². The molecule has 72 heavy (non-hydrogen) atoms. The zero-order valence-electron chi connectivity index (χ0n) is 49.3. The lowest BCUT2D eigenvalue weighted by Crippen LogP contribution is -2.72. The minimum Gasteiger partial charge on any atom is -0.409 e. The minimum atomic E-state index is -3.71. The highest BCUT2D eigenvalue weighted by molar-refractivity contribution is 7.02. The van der Waals surface area contributed by atoms with Gasteiger partial charge in [-0.25, -0.2) is 0 Å². The van der Waals surface area contributed by atoms with E-state index in [1.807, 2.05) is 51.3 Å². The molecule has 1 rings (SSSR count). The smallest absolute Gasteiger partial charge is 0.350 e. The van der Waals surface area contributed by atoms with E-state index in [1.165, 1.54) is 0 Å². The number of hydrogen-bond acceptors (Lipinski definition) is 9. The van der Waals surface area contributed by atoms with Gasteiger partial charge in [0.05, 0.1) is 0 Å². The van der Waals surface area contributed by atoms with Crippen LogP contribution in [0.5, 0.6) is 0 Å². The summed E-state index contributed by atoms with van der Waals surface area (Å²) in [5, 5.41) is 0. The minimum absolute atomic E-state index is 0.106. The molecule has 9 nitrogen and oxygen atoms in total. The largest absolute Gasteiger partial charge is 0.409 e. The monoisotopic (exact) mass is 1150 g/mol. The average molecular weight is 1150 g/mol. The average Bonchev–Trinajstić information content (AvgIpc) is 3.42. The lowest BCUT2D eigenvalue weighted by atomic mass is 10.4. The van der Waals surface area contributed by atoms with Crippen molar-refractivity contribution in [1.82, 2.24) is 0 Å². The van der Waals surface area contributed by atoms with Crippen LogP contribution in [0.25, 0.3) is 0 Å². The summed E-state index contributed by atoms with van der Waals surface area (Å²) in [7, 11) is -33.4. The number of rotatable bonds is 27. The van der Waals surface area contributed by atoms with Gasteiger partial charge in [0.2, 0.25) is 0 Å². The van der Waals surface area contributed by atoms with Crippen molar-refractivity contribution in [2.24, 2.45) is 0 Å². The lowest BCUT2D eigenvalue weighted by Gasteiger charge is -2.55. The fraction of sp³-hybridized carbons (Fsp3) is 0.667. The van der Waals surface area contributed by atoms with Crippen molar-refractivity contribution in [2.75, 3.05) is 0 Å². The highest BCUT2D eigenvalue weighted by Crippen LogP contribution is 2.51. The van der Waals surface area contributed by atoms with Gasteiger partial charge in [0, 0.05) is 49.9 Å². The third kappa shape index (κ3) is 13.9. The fourth-order valence-corrected chi connectivity index (χ4v) is 61.4. The summed E-state index contributed by atoms with van der Waals surface area (Å²) < 4.78 is 73.0. The van der Waals surface area contributed by atoms with E-state index in [2.05, 4.69) is 184 Å². The predicted molar refractivity (Wildman–Crippen MR) is 331 cm³/mol. The Kier molecular flexibility index (Phi) is 28.2. The van der Waals surface area contributed by atoms with Crippen LogP contribution < -0.4 is 0 Å². The summed E-state index contributed by atoms with van der Waals surface area (Å²) in [5.41, 5.74) is 16.8. The molecule has 1 aliphatic rings. The van der Waals surface area contributed by atoms with Gasteiger partial charge in [-0.2, -0.15) is 0 Å². The summed E-state index contributed by atoms with van der Waals surface area (Å²) in [4.78, 5) is 0. The Bertz CT molecular complexity index is 1380.